The zero-order valence-corrected chi connectivity index (χ0v) is 10.1. The van der Waals surface area contributed by atoms with E-state index in [4.69, 9.17) is 9.47 Å². The van der Waals surface area contributed by atoms with E-state index in [1.165, 1.54) is 19.3 Å². The molecule has 1 fully saturated rings. The van der Waals surface area contributed by atoms with Crippen molar-refractivity contribution in [1.82, 2.24) is 0 Å². The molecular formula is C12H16O3S. The third-order valence-corrected chi connectivity index (χ3v) is 3.76. The SMILES string of the molecule is COc1c(O)cccc1OC1CCCSC1. The van der Waals surface area contributed by atoms with Gasteiger partial charge in [0.2, 0.25) is 5.75 Å². The van der Waals surface area contributed by atoms with Crippen LogP contribution < -0.4 is 9.47 Å². The van der Waals surface area contributed by atoms with E-state index in [1.807, 2.05) is 17.8 Å². The standard InChI is InChI=1S/C12H16O3S/c1-14-12-10(13)5-2-6-11(12)15-9-4-3-7-16-8-9/h2,5-6,9,13H,3-4,7-8H2,1H3. The van der Waals surface area contributed by atoms with E-state index in [9.17, 15) is 5.11 Å². The van der Waals surface area contributed by atoms with E-state index in [1.54, 1.807) is 12.1 Å². The van der Waals surface area contributed by atoms with Crippen molar-refractivity contribution in [2.75, 3.05) is 18.6 Å². The molecule has 2 rings (SSSR count). The predicted octanol–water partition coefficient (Wildman–Crippen LogP) is 2.68. The third kappa shape index (κ3) is 2.55. The van der Waals surface area contributed by atoms with Gasteiger partial charge in [-0.2, -0.15) is 11.8 Å². The van der Waals surface area contributed by atoms with E-state index in [-0.39, 0.29) is 11.9 Å². The zero-order valence-electron chi connectivity index (χ0n) is 9.31. The number of thioether (sulfide) groups is 1. The van der Waals surface area contributed by atoms with Crippen LogP contribution in [-0.2, 0) is 0 Å². The normalized spacial score (nSPS) is 20.4. The van der Waals surface area contributed by atoms with E-state index >= 15 is 0 Å². The lowest BCUT2D eigenvalue weighted by Crippen LogP contribution is -2.23. The largest absolute Gasteiger partial charge is 0.504 e. The van der Waals surface area contributed by atoms with Crippen LogP contribution in [0.4, 0.5) is 0 Å². The topological polar surface area (TPSA) is 38.7 Å². The molecule has 1 aromatic rings. The number of hydrogen-bond donors (Lipinski definition) is 1. The van der Waals surface area contributed by atoms with Gasteiger partial charge >= 0.3 is 0 Å². The van der Waals surface area contributed by atoms with Gasteiger partial charge in [-0.05, 0) is 30.7 Å². The zero-order chi connectivity index (χ0) is 11.4. The van der Waals surface area contributed by atoms with E-state index in [0.29, 0.717) is 11.5 Å². The van der Waals surface area contributed by atoms with Crippen LogP contribution in [0, 0.1) is 0 Å². The Bertz CT molecular complexity index is 348. The first-order chi connectivity index (χ1) is 7.81. The number of ether oxygens (including phenoxy) is 2. The number of methoxy groups -OCH3 is 1. The molecule has 1 aromatic carbocycles. The Kier molecular flexibility index (Phi) is 3.83. The van der Waals surface area contributed by atoms with Gasteiger partial charge in [0.25, 0.3) is 0 Å². The van der Waals surface area contributed by atoms with Crippen molar-refractivity contribution in [1.29, 1.82) is 0 Å². The molecule has 1 saturated heterocycles. The average Bonchev–Trinajstić information content (AvgIpc) is 2.31. The minimum absolute atomic E-state index is 0.128. The fourth-order valence-electron chi connectivity index (χ4n) is 1.79. The lowest BCUT2D eigenvalue weighted by molar-refractivity contribution is 0.200. The number of aromatic hydroxyl groups is 1. The molecule has 3 nitrogen and oxygen atoms in total. The van der Waals surface area contributed by atoms with Gasteiger partial charge in [-0.1, -0.05) is 6.07 Å². The molecule has 1 unspecified atom stereocenters. The first kappa shape index (κ1) is 11.5. The Labute approximate surface area is 99.8 Å². The number of rotatable bonds is 3. The van der Waals surface area contributed by atoms with Crippen molar-refractivity contribution in [3.63, 3.8) is 0 Å². The van der Waals surface area contributed by atoms with E-state index in [2.05, 4.69) is 0 Å². The summed E-state index contributed by atoms with van der Waals surface area (Å²) in [6.07, 6.45) is 2.50. The summed E-state index contributed by atoms with van der Waals surface area (Å²) in [5, 5.41) is 9.61. The summed E-state index contributed by atoms with van der Waals surface area (Å²) in [6.45, 7) is 0. The molecule has 0 aliphatic carbocycles. The van der Waals surface area contributed by atoms with Crippen molar-refractivity contribution in [2.24, 2.45) is 0 Å². The number of phenolic OH excluding ortho intramolecular Hbond substituents is 1. The van der Waals surface area contributed by atoms with Crippen LogP contribution in [0.5, 0.6) is 17.2 Å². The summed E-state index contributed by atoms with van der Waals surface area (Å²) >= 11 is 1.91. The highest BCUT2D eigenvalue weighted by molar-refractivity contribution is 7.99. The van der Waals surface area contributed by atoms with Crippen LogP contribution in [0.1, 0.15) is 12.8 Å². The van der Waals surface area contributed by atoms with Crippen LogP contribution in [0.25, 0.3) is 0 Å². The molecule has 1 aliphatic rings. The van der Waals surface area contributed by atoms with Gasteiger partial charge in [0.05, 0.1) is 7.11 Å². The minimum atomic E-state index is 0.128. The fourth-order valence-corrected chi connectivity index (χ4v) is 2.82. The van der Waals surface area contributed by atoms with Crippen LogP contribution in [0.15, 0.2) is 18.2 Å². The molecule has 0 spiro atoms. The fraction of sp³-hybridized carbons (Fsp3) is 0.500. The molecule has 1 heterocycles. The van der Waals surface area contributed by atoms with Crippen molar-refractivity contribution in [3.05, 3.63) is 18.2 Å². The molecule has 16 heavy (non-hydrogen) atoms. The highest BCUT2D eigenvalue weighted by Gasteiger charge is 2.18. The van der Waals surface area contributed by atoms with Gasteiger partial charge < -0.3 is 14.6 Å². The summed E-state index contributed by atoms with van der Waals surface area (Å²) in [4.78, 5) is 0. The van der Waals surface area contributed by atoms with Crippen LogP contribution in [-0.4, -0.2) is 29.8 Å². The molecule has 0 aromatic heterocycles. The minimum Gasteiger partial charge on any atom is -0.504 e. The Hall–Kier alpha value is -1.03. The molecule has 0 saturated carbocycles. The molecule has 1 atom stereocenters. The molecular weight excluding hydrogens is 224 g/mol. The van der Waals surface area contributed by atoms with Crippen LogP contribution >= 0.6 is 11.8 Å². The van der Waals surface area contributed by atoms with Gasteiger partial charge in [0.1, 0.15) is 6.10 Å². The second-order valence-corrected chi connectivity index (χ2v) is 4.92. The first-order valence-corrected chi connectivity index (χ1v) is 6.57. The number of benzene rings is 1. The molecule has 4 heteroatoms. The first-order valence-electron chi connectivity index (χ1n) is 5.41. The highest BCUT2D eigenvalue weighted by Crippen LogP contribution is 2.37. The van der Waals surface area contributed by atoms with Gasteiger partial charge in [0, 0.05) is 5.75 Å². The second-order valence-electron chi connectivity index (χ2n) is 3.77. The Balaban J connectivity index is 2.10. The predicted molar refractivity (Wildman–Crippen MR) is 65.6 cm³/mol. The van der Waals surface area contributed by atoms with Crippen LogP contribution in [0.2, 0.25) is 0 Å². The van der Waals surface area contributed by atoms with Gasteiger partial charge in [-0.3, -0.25) is 0 Å². The van der Waals surface area contributed by atoms with Gasteiger partial charge in [-0.25, -0.2) is 0 Å². The molecule has 0 bridgehead atoms. The lowest BCUT2D eigenvalue weighted by Gasteiger charge is -2.23. The number of hydrogen-bond acceptors (Lipinski definition) is 4. The summed E-state index contributed by atoms with van der Waals surface area (Å²) in [7, 11) is 1.54. The van der Waals surface area contributed by atoms with Gasteiger partial charge in [0.15, 0.2) is 11.5 Å². The second kappa shape index (κ2) is 5.34. The highest BCUT2D eigenvalue weighted by atomic mass is 32.2. The molecule has 0 amide bonds. The number of phenols is 1. The third-order valence-electron chi connectivity index (χ3n) is 2.57. The number of para-hydroxylation sites is 1. The summed E-state index contributed by atoms with van der Waals surface area (Å²) in [5.74, 6) is 3.42. The maximum atomic E-state index is 9.61. The Morgan fingerprint density at radius 1 is 1.44 bits per heavy atom. The molecule has 88 valence electrons. The maximum Gasteiger partial charge on any atom is 0.203 e. The Morgan fingerprint density at radius 2 is 2.31 bits per heavy atom. The molecule has 1 N–H and O–H groups in total. The monoisotopic (exact) mass is 240 g/mol. The van der Waals surface area contributed by atoms with E-state index < -0.39 is 0 Å². The van der Waals surface area contributed by atoms with Gasteiger partial charge in [-0.15, -0.1) is 0 Å². The summed E-state index contributed by atoms with van der Waals surface area (Å²) < 4.78 is 11.0. The Morgan fingerprint density at radius 3 is 3.00 bits per heavy atom. The van der Waals surface area contributed by atoms with Crippen molar-refractivity contribution in [2.45, 2.75) is 18.9 Å². The smallest absolute Gasteiger partial charge is 0.203 e. The van der Waals surface area contributed by atoms with Crippen molar-refractivity contribution < 1.29 is 14.6 Å². The lowest BCUT2D eigenvalue weighted by atomic mass is 10.2. The molecule has 1 aliphatic heterocycles. The maximum absolute atomic E-state index is 9.61. The average molecular weight is 240 g/mol. The van der Waals surface area contributed by atoms with Crippen molar-refractivity contribution in [3.8, 4) is 17.2 Å². The summed E-state index contributed by atoms with van der Waals surface area (Å²) in [6, 6.07) is 5.20. The van der Waals surface area contributed by atoms with Crippen molar-refractivity contribution >= 4 is 11.8 Å². The quantitative estimate of drug-likeness (QED) is 0.881. The molecule has 0 radical (unpaired) electrons. The van der Waals surface area contributed by atoms with E-state index in [0.717, 1.165) is 12.2 Å². The summed E-state index contributed by atoms with van der Waals surface area (Å²) in [5.41, 5.74) is 0. The van der Waals surface area contributed by atoms with Crippen LogP contribution in [0.3, 0.4) is 0 Å².